The number of rotatable bonds is 3. The standard InChI is InChI=1S/C21H24N2O4/c1-4-20(2,3)22-18(25)14-23-12-11-21(10-9-19(23)26)13-16(24)15-7-5-6-8-17(15)27-21/h1,5-8H,9-14H2,2-3H3,(H,22,25)/t21-/m1/s1. The average molecular weight is 368 g/mol. The van der Waals surface area contributed by atoms with Crippen molar-refractivity contribution in [1.82, 2.24) is 10.2 Å². The van der Waals surface area contributed by atoms with Crippen molar-refractivity contribution in [1.29, 1.82) is 0 Å². The summed E-state index contributed by atoms with van der Waals surface area (Å²) in [7, 11) is 0. The highest BCUT2D eigenvalue weighted by molar-refractivity contribution is 6.00. The van der Waals surface area contributed by atoms with Crippen LogP contribution in [0, 0.1) is 12.3 Å². The number of fused-ring (bicyclic) bond motifs is 1. The van der Waals surface area contributed by atoms with E-state index >= 15 is 0 Å². The summed E-state index contributed by atoms with van der Waals surface area (Å²) >= 11 is 0. The molecule has 6 nitrogen and oxygen atoms in total. The van der Waals surface area contributed by atoms with Gasteiger partial charge in [-0.05, 0) is 32.4 Å². The number of likely N-dealkylation sites (tertiary alicyclic amines) is 1. The van der Waals surface area contributed by atoms with Gasteiger partial charge in [-0.1, -0.05) is 18.1 Å². The Morgan fingerprint density at radius 1 is 1.33 bits per heavy atom. The Morgan fingerprint density at radius 2 is 2.07 bits per heavy atom. The van der Waals surface area contributed by atoms with E-state index in [2.05, 4.69) is 11.2 Å². The van der Waals surface area contributed by atoms with Crippen LogP contribution in [0.2, 0.25) is 0 Å². The van der Waals surface area contributed by atoms with Crippen LogP contribution < -0.4 is 10.1 Å². The molecule has 2 heterocycles. The van der Waals surface area contributed by atoms with Gasteiger partial charge in [0.25, 0.3) is 0 Å². The Hall–Kier alpha value is -2.81. The van der Waals surface area contributed by atoms with Gasteiger partial charge in [-0.3, -0.25) is 14.4 Å². The van der Waals surface area contributed by atoms with Crippen molar-refractivity contribution in [3.63, 3.8) is 0 Å². The Kier molecular flexibility index (Phi) is 4.97. The number of ether oxygens (including phenoxy) is 1. The lowest BCUT2D eigenvalue weighted by molar-refractivity contribution is -0.136. The molecule has 0 aromatic heterocycles. The van der Waals surface area contributed by atoms with E-state index in [1.807, 2.05) is 12.1 Å². The maximum atomic E-state index is 12.5. The van der Waals surface area contributed by atoms with Gasteiger partial charge >= 0.3 is 0 Å². The summed E-state index contributed by atoms with van der Waals surface area (Å²) in [5.41, 5.74) is -0.869. The number of Topliss-reactive ketones (excluding diaryl/α,β-unsaturated/α-hetero) is 1. The summed E-state index contributed by atoms with van der Waals surface area (Å²) in [5, 5.41) is 2.73. The lowest BCUT2D eigenvalue weighted by Gasteiger charge is -2.37. The number of nitrogens with one attached hydrogen (secondary N) is 1. The fourth-order valence-corrected chi connectivity index (χ4v) is 3.57. The van der Waals surface area contributed by atoms with E-state index in [9.17, 15) is 14.4 Å². The third-order valence-corrected chi connectivity index (χ3v) is 5.13. The Morgan fingerprint density at radius 3 is 2.81 bits per heavy atom. The van der Waals surface area contributed by atoms with E-state index in [1.54, 1.807) is 26.0 Å². The predicted octanol–water partition coefficient (Wildman–Crippen LogP) is 1.93. The molecule has 6 heteroatoms. The molecule has 1 spiro atoms. The van der Waals surface area contributed by atoms with Crippen molar-refractivity contribution in [3.8, 4) is 18.1 Å². The summed E-state index contributed by atoms with van der Waals surface area (Å²) in [4.78, 5) is 38.8. The fraction of sp³-hybridized carbons (Fsp3) is 0.476. The molecule has 1 aromatic carbocycles. The minimum atomic E-state index is -0.768. The van der Waals surface area contributed by atoms with Gasteiger partial charge in [0, 0.05) is 19.4 Å². The van der Waals surface area contributed by atoms with Crippen molar-refractivity contribution < 1.29 is 19.1 Å². The first kappa shape index (κ1) is 19.0. The molecule has 27 heavy (non-hydrogen) atoms. The maximum Gasteiger partial charge on any atom is 0.240 e. The van der Waals surface area contributed by atoms with Crippen molar-refractivity contribution in [3.05, 3.63) is 29.8 Å². The largest absolute Gasteiger partial charge is 0.486 e. The molecule has 1 saturated heterocycles. The molecule has 0 aliphatic carbocycles. The van der Waals surface area contributed by atoms with Gasteiger partial charge in [0.15, 0.2) is 5.78 Å². The van der Waals surface area contributed by atoms with Crippen LogP contribution in [0.5, 0.6) is 5.75 Å². The van der Waals surface area contributed by atoms with Gasteiger partial charge in [-0.25, -0.2) is 0 Å². The van der Waals surface area contributed by atoms with Crippen LogP contribution in [0.4, 0.5) is 0 Å². The quantitative estimate of drug-likeness (QED) is 0.828. The highest BCUT2D eigenvalue weighted by atomic mass is 16.5. The van der Waals surface area contributed by atoms with Crippen LogP contribution in [-0.2, 0) is 9.59 Å². The van der Waals surface area contributed by atoms with Crippen LogP contribution in [0.3, 0.4) is 0 Å². The predicted molar refractivity (Wildman–Crippen MR) is 100 cm³/mol. The second-order valence-electron chi connectivity index (χ2n) is 7.76. The molecule has 0 unspecified atom stereocenters. The molecule has 1 fully saturated rings. The number of carbonyl (C=O) groups is 3. The van der Waals surface area contributed by atoms with E-state index in [-0.39, 0.29) is 37.0 Å². The average Bonchev–Trinajstić information content (AvgIpc) is 2.76. The number of hydrogen-bond acceptors (Lipinski definition) is 4. The van der Waals surface area contributed by atoms with Crippen molar-refractivity contribution in [2.24, 2.45) is 0 Å². The number of ketones is 1. The highest BCUT2D eigenvalue weighted by Crippen LogP contribution is 2.39. The number of carbonyl (C=O) groups excluding carboxylic acids is 3. The molecular weight excluding hydrogens is 344 g/mol. The summed E-state index contributed by atoms with van der Waals surface area (Å²) in [6.07, 6.45) is 6.84. The van der Waals surface area contributed by atoms with Crippen LogP contribution in [0.15, 0.2) is 24.3 Å². The molecule has 1 N–H and O–H groups in total. The number of benzene rings is 1. The van der Waals surface area contributed by atoms with E-state index in [0.717, 1.165) is 0 Å². The zero-order valence-electron chi connectivity index (χ0n) is 15.7. The zero-order valence-corrected chi connectivity index (χ0v) is 15.7. The molecule has 1 atom stereocenters. The van der Waals surface area contributed by atoms with Gasteiger partial charge in [-0.15, -0.1) is 6.42 Å². The highest BCUT2D eigenvalue weighted by Gasteiger charge is 2.43. The van der Waals surface area contributed by atoms with Gasteiger partial charge in [0.1, 0.15) is 11.4 Å². The third-order valence-electron chi connectivity index (χ3n) is 5.13. The molecule has 142 valence electrons. The zero-order chi connectivity index (χ0) is 19.7. The number of terminal acetylenes is 1. The van der Waals surface area contributed by atoms with E-state index in [1.165, 1.54) is 4.90 Å². The van der Waals surface area contributed by atoms with E-state index < -0.39 is 11.1 Å². The number of amides is 2. The van der Waals surface area contributed by atoms with Crippen LogP contribution in [-0.4, -0.2) is 46.7 Å². The fourth-order valence-electron chi connectivity index (χ4n) is 3.57. The summed E-state index contributed by atoms with van der Waals surface area (Å²) in [6.45, 7) is 3.76. The van der Waals surface area contributed by atoms with Crippen LogP contribution >= 0.6 is 0 Å². The topological polar surface area (TPSA) is 75.7 Å². The van der Waals surface area contributed by atoms with E-state index in [4.69, 9.17) is 11.2 Å². The van der Waals surface area contributed by atoms with Crippen LogP contribution in [0.25, 0.3) is 0 Å². The third kappa shape index (κ3) is 4.13. The molecule has 2 aliphatic rings. The normalized spacial score (nSPS) is 22.5. The molecule has 0 saturated carbocycles. The van der Waals surface area contributed by atoms with Crippen LogP contribution in [0.1, 0.15) is 49.9 Å². The van der Waals surface area contributed by atoms with Gasteiger partial charge in [0.05, 0.1) is 24.1 Å². The van der Waals surface area contributed by atoms with Crippen molar-refractivity contribution >= 4 is 17.6 Å². The summed E-state index contributed by atoms with van der Waals surface area (Å²) in [6, 6.07) is 7.19. The van der Waals surface area contributed by atoms with Gasteiger partial charge in [0.2, 0.25) is 11.8 Å². The summed E-state index contributed by atoms with van der Waals surface area (Å²) < 4.78 is 6.18. The molecule has 1 aromatic rings. The maximum absolute atomic E-state index is 12.5. The molecule has 2 aliphatic heterocycles. The second-order valence-corrected chi connectivity index (χ2v) is 7.76. The minimum absolute atomic E-state index is 0.0336. The Bertz CT molecular complexity index is 824. The first-order chi connectivity index (χ1) is 12.7. The molecule has 0 bridgehead atoms. The molecular formula is C21H24N2O4. The SMILES string of the molecule is C#CC(C)(C)NC(=O)CN1CC[C@]2(CCC1=O)CC(=O)c1ccccc1O2. The number of para-hydroxylation sites is 1. The summed E-state index contributed by atoms with van der Waals surface area (Å²) in [5.74, 6) is 2.69. The molecule has 3 rings (SSSR count). The minimum Gasteiger partial charge on any atom is -0.486 e. The smallest absolute Gasteiger partial charge is 0.240 e. The second kappa shape index (κ2) is 7.07. The lowest BCUT2D eigenvalue weighted by atomic mass is 9.84. The van der Waals surface area contributed by atoms with E-state index in [0.29, 0.717) is 30.7 Å². The van der Waals surface area contributed by atoms with Gasteiger partial charge < -0.3 is 15.0 Å². The first-order valence-corrected chi connectivity index (χ1v) is 9.11. The monoisotopic (exact) mass is 368 g/mol. The van der Waals surface area contributed by atoms with Crippen molar-refractivity contribution in [2.45, 2.75) is 50.7 Å². The lowest BCUT2D eigenvalue weighted by Crippen LogP contribution is -2.48. The van der Waals surface area contributed by atoms with Gasteiger partial charge in [-0.2, -0.15) is 0 Å². The first-order valence-electron chi connectivity index (χ1n) is 9.11. The molecule has 2 amide bonds. The molecule has 0 radical (unpaired) electrons. The Labute approximate surface area is 159 Å². The number of nitrogens with zero attached hydrogens (tertiary/aromatic N) is 1. The van der Waals surface area contributed by atoms with Crippen molar-refractivity contribution in [2.75, 3.05) is 13.1 Å². The number of hydrogen-bond donors (Lipinski definition) is 1. The Balaban J connectivity index is 1.70.